The summed E-state index contributed by atoms with van der Waals surface area (Å²) in [7, 11) is 0. The van der Waals surface area contributed by atoms with Gasteiger partial charge in [0.05, 0.1) is 19.6 Å². The van der Waals surface area contributed by atoms with Crippen LogP contribution in [0.2, 0.25) is 0 Å². The van der Waals surface area contributed by atoms with Gasteiger partial charge in [-0.25, -0.2) is 4.79 Å². The van der Waals surface area contributed by atoms with Crippen molar-refractivity contribution in [3.05, 3.63) is 34.9 Å². The Morgan fingerprint density at radius 2 is 1.69 bits per heavy atom. The van der Waals surface area contributed by atoms with Gasteiger partial charge in [-0.15, -0.1) is 0 Å². The molecule has 1 aromatic rings. The number of esters is 1. The fourth-order valence-electron chi connectivity index (χ4n) is 3.75. The SMILES string of the molecule is CCCN(C(=O)C(CO)NC(=O)OC(C)(C)C)C(C(=O)NCCC(=O)OCC)c1c(C)cccc1C. The third kappa shape index (κ3) is 9.49. The Labute approximate surface area is 213 Å². The zero-order valence-corrected chi connectivity index (χ0v) is 22.5. The number of hydrogen-bond acceptors (Lipinski definition) is 7. The third-order valence-corrected chi connectivity index (χ3v) is 5.23. The van der Waals surface area contributed by atoms with Crippen molar-refractivity contribution in [3.8, 4) is 0 Å². The maximum atomic E-state index is 13.6. The molecule has 1 rings (SSSR count). The van der Waals surface area contributed by atoms with Gasteiger partial charge in [-0.05, 0) is 64.7 Å². The Bertz CT molecular complexity index is 891. The second-order valence-electron chi connectivity index (χ2n) is 9.47. The Hall–Kier alpha value is -3.14. The van der Waals surface area contributed by atoms with Gasteiger partial charge in [0.15, 0.2) is 0 Å². The monoisotopic (exact) mass is 507 g/mol. The number of nitrogens with one attached hydrogen (secondary N) is 2. The van der Waals surface area contributed by atoms with Gasteiger partial charge in [-0.3, -0.25) is 14.4 Å². The quantitative estimate of drug-likeness (QED) is 0.370. The molecular formula is C26H41N3O7. The molecule has 3 amide bonds. The average Bonchev–Trinajstić information content (AvgIpc) is 2.77. The van der Waals surface area contributed by atoms with Crippen molar-refractivity contribution >= 4 is 23.9 Å². The van der Waals surface area contributed by atoms with Crippen LogP contribution in [0.25, 0.3) is 0 Å². The molecule has 2 atom stereocenters. The number of hydrogen-bond donors (Lipinski definition) is 3. The fourth-order valence-corrected chi connectivity index (χ4v) is 3.75. The van der Waals surface area contributed by atoms with Crippen LogP contribution < -0.4 is 10.6 Å². The van der Waals surface area contributed by atoms with E-state index < -0.39 is 48.2 Å². The first kappa shape index (κ1) is 30.9. The summed E-state index contributed by atoms with van der Waals surface area (Å²) in [5.74, 6) is -1.55. The molecule has 0 aliphatic rings. The topological polar surface area (TPSA) is 134 Å². The van der Waals surface area contributed by atoms with Crippen molar-refractivity contribution in [1.82, 2.24) is 15.5 Å². The normalized spacial score (nSPS) is 12.8. The van der Waals surface area contributed by atoms with E-state index in [2.05, 4.69) is 10.6 Å². The van der Waals surface area contributed by atoms with Crippen LogP contribution in [0, 0.1) is 13.8 Å². The lowest BCUT2D eigenvalue weighted by molar-refractivity contribution is -0.144. The van der Waals surface area contributed by atoms with Crippen molar-refractivity contribution in [1.29, 1.82) is 0 Å². The summed E-state index contributed by atoms with van der Waals surface area (Å²) in [4.78, 5) is 52.5. The molecule has 202 valence electrons. The third-order valence-electron chi connectivity index (χ3n) is 5.23. The Morgan fingerprint density at radius 3 is 2.19 bits per heavy atom. The van der Waals surface area contributed by atoms with Crippen LogP contribution in [0.1, 0.15) is 70.2 Å². The average molecular weight is 508 g/mol. The molecule has 0 spiro atoms. The van der Waals surface area contributed by atoms with Crippen LogP contribution in [0.4, 0.5) is 4.79 Å². The highest BCUT2D eigenvalue weighted by Gasteiger charge is 2.37. The highest BCUT2D eigenvalue weighted by Crippen LogP contribution is 2.28. The zero-order valence-electron chi connectivity index (χ0n) is 22.5. The highest BCUT2D eigenvalue weighted by atomic mass is 16.6. The lowest BCUT2D eigenvalue weighted by Crippen LogP contribution is -2.54. The standard InChI is InChI=1S/C26H41N3O7/c1-8-15-29(24(33)19(16-30)28-25(34)36-26(5,6)7)22(21-17(3)11-10-12-18(21)4)23(32)27-14-13-20(31)35-9-2/h10-12,19,22,30H,8-9,13-16H2,1-7H3,(H,27,32)(H,28,34). The van der Waals surface area contributed by atoms with Crippen LogP contribution in [0.5, 0.6) is 0 Å². The zero-order chi connectivity index (χ0) is 27.5. The summed E-state index contributed by atoms with van der Waals surface area (Å²) in [6.07, 6.45) is -0.345. The first-order valence-electron chi connectivity index (χ1n) is 12.3. The number of amides is 3. The van der Waals surface area contributed by atoms with Crippen LogP contribution >= 0.6 is 0 Å². The lowest BCUT2D eigenvalue weighted by Gasteiger charge is -2.35. The second-order valence-corrected chi connectivity index (χ2v) is 9.47. The van der Waals surface area contributed by atoms with Crippen LogP contribution in [0.15, 0.2) is 18.2 Å². The molecule has 0 bridgehead atoms. The number of carbonyl (C=O) groups excluding carboxylic acids is 4. The molecular weight excluding hydrogens is 466 g/mol. The molecule has 0 aliphatic heterocycles. The van der Waals surface area contributed by atoms with E-state index in [9.17, 15) is 24.3 Å². The summed E-state index contributed by atoms with van der Waals surface area (Å²) < 4.78 is 10.1. The number of aliphatic hydroxyl groups is 1. The van der Waals surface area contributed by atoms with Crippen molar-refractivity contribution in [2.24, 2.45) is 0 Å². The molecule has 0 saturated carbocycles. The van der Waals surface area contributed by atoms with Crippen molar-refractivity contribution < 1.29 is 33.8 Å². The molecule has 3 N–H and O–H groups in total. The number of ether oxygens (including phenoxy) is 2. The first-order chi connectivity index (χ1) is 16.9. The number of aryl methyl sites for hydroxylation is 2. The molecule has 0 aromatic heterocycles. The lowest BCUT2D eigenvalue weighted by atomic mass is 9.93. The minimum absolute atomic E-state index is 0.0136. The smallest absolute Gasteiger partial charge is 0.408 e. The number of alkyl carbamates (subject to hydrolysis) is 1. The van der Waals surface area contributed by atoms with E-state index in [0.717, 1.165) is 11.1 Å². The maximum Gasteiger partial charge on any atom is 0.408 e. The van der Waals surface area contributed by atoms with Gasteiger partial charge in [0.1, 0.15) is 17.7 Å². The van der Waals surface area contributed by atoms with Crippen LogP contribution in [-0.4, -0.2) is 71.8 Å². The molecule has 0 saturated heterocycles. The van der Waals surface area contributed by atoms with Gasteiger partial charge in [0.2, 0.25) is 11.8 Å². The summed E-state index contributed by atoms with van der Waals surface area (Å²) in [6, 6.07) is 3.19. The molecule has 0 aliphatic carbocycles. The maximum absolute atomic E-state index is 13.6. The van der Waals surface area contributed by atoms with Gasteiger partial charge in [0, 0.05) is 13.1 Å². The number of benzene rings is 1. The van der Waals surface area contributed by atoms with Gasteiger partial charge in [-0.1, -0.05) is 25.1 Å². The number of rotatable bonds is 12. The van der Waals surface area contributed by atoms with Crippen molar-refractivity contribution in [3.63, 3.8) is 0 Å². The molecule has 1 aromatic carbocycles. The van der Waals surface area contributed by atoms with Gasteiger partial charge in [0.25, 0.3) is 0 Å². The summed E-state index contributed by atoms with van der Waals surface area (Å²) in [6.45, 7) is 12.1. The van der Waals surface area contributed by atoms with E-state index in [1.54, 1.807) is 27.7 Å². The number of carbonyl (C=O) groups is 4. The summed E-state index contributed by atoms with van der Waals surface area (Å²) >= 11 is 0. The van der Waals surface area contributed by atoms with Crippen LogP contribution in [0.3, 0.4) is 0 Å². The predicted molar refractivity (Wildman–Crippen MR) is 135 cm³/mol. The minimum atomic E-state index is -1.31. The van der Waals surface area contributed by atoms with E-state index in [1.165, 1.54) is 4.90 Å². The number of aliphatic hydroxyl groups excluding tert-OH is 1. The van der Waals surface area contributed by atoms with Crippen LogP contribution in [-0.2, 0) is 23.9 Å². The second kappa shape index (κ2) is 14.4. The number of nitrogens with zero attached hydrogens (tertiary/aromatic N) is 1. The molecule has 0 fully saturated rings. The Kier molecular flexibility index (Phi) is 12.4. The molecule has 2 unspecified atom stereocenters. The van der Waals surface area contributed by atoms with E-state index in [4.69, 9.17) is 9.47 Å². The highest BCUT2D eigenvalue weighted by molar-refractivity contribution is 5.92. The van der Waals surface area contributed by atoms with E-state index >= 15 is 0 Å². The minimum Gasteiger partial charge on any atom is -0.466 e. The summed E-state index contributed by atoms with van der Waals surface area (Å²) in [5, 5.41) is 15.1. The van der Waals surface area contributed by atoms with Crippen molar-refractivity contribution in [2.45, 2.75) is 79.0 Å². The van der Waals surface area contributed by atoms with E-state index in [-0.39, 0.29) is 26.1 Å². The molecule has 10 heteroatoms. The largest absolute Gasteiger partial charge is 0.466 e. The Morgan fingerprint density at radius 1 is 1.08 bits per heavy atom. The van der Waals surface area contributed by atoms with E-state index in [1.807, 2.05) is 39.0 Å². The van der Waals surface area contributed by atoms with Crippen molar-refractivity contribution in [2.75, 3.05) is 26.3 Å². The van der Waals surface area contributed by atoms with Gasteiger partial charge < -0.3 is 30.1 Å². The first-order valence-corrected chi connectivity index (χ1v) is 12.3. The Balaban J connectivity index is 3.34. The van der Waals surface area contributed by atoms with E-state index in [0.29, 0.717) is 12.0 Å². The predicted octanol–water partition coefficient (Wildman–Crippen LogP) is 2.54. The van der Waals surface area contributed by atoms with Gasteiger partial charge >= 0.3 is 12.1 Å². The van der Waals surface area contributed by atoms with Gasteiger partial charge in [-0.2, -0.15) is 0 Å². The molecule has 10 nitrogen and oxygen atoms in total. The molecule has 0 radical (unpaired) electrons. The molecule has 36 heavy (non-hydrogen) atoms. The fraction of sp³-hybridized carbons (Fsp3) is 0.615. The summed E-state index contributed by atoms with van der Waals surface area (Å²) in [5.41, 5.74) is 1.45. The molecule has 0 heterocycles.